The number of nitrogens with one attached hydrogen (secondary N) is 1. The van der Waals surface area contributed by atoms with Crippen LogP contribution in [0.5, 0.6) is 0 Å². The number of carbonyl (C=O) groups is 1. The summed E-state index contributed by atoms with van der Waals surface area (Å²) in [6.45, 7) is 2.03. The van der Waals surface area contributed by atoms with Crippen LogP contribution in [-0.4, -0.2) is 21.9 Å². The second-order valence-electron chi connectivity index (χ2n) is 4.28. The summed E-state index contributed by atoms with van der Waals surface area (Å²) in [5.41, 5.74) is 5.72. The van der Waals surface area contributed by atoms with E-state index in [9.17, 15) is 4.79 Å². The van der Waals surface area contributed by atoms with Gasteiger partial charge in [0.1, 0.15) is 11.5 Å². The van der Waals surface area contributed by atoms with Crippen LogP contribution in [-0.2, 0) is 0 Å². The molecule has 5 heteroatoms. The molecule has 1 unspecified atom stereocenters. The predicted octanol–water partition coefficient (Wildman–Crippen LogP) is 0.977. The van der Waals surface area contributed by atoms with Crippen LogP contribution in [0.25, 0.3) is 0 Å². The maximum absolute atomic E-state index is 11.8. The van der Waals surface area contributed by atoms with Gasteiger partial charge in [-0.15, -0.1) is 0 Å². The van der Waals surface area contributed by atoms with Gasteiger partial charge in [-0.25, -0.2) is 9.97 Å². The van der Waals surface area contributed by atoms with E-state index in [1.54, 1.807) is 0 Å². The zero-order chi connectivity index (χ0) is 11.5. The Morgan fingerprint density at radius 2 is 2.25 bits per heavy atom. The van der Waals surface area contributed by atoms with Gasteiger partial charge in [-0.3, -0.25) is 4.79 Å². The highest BCUT2D eigenvalue weighted by Crippen LogP contribution is 2.29. The topological polar surface area (TPSA) is 80.9 Å². The van der Waals surface area contributed by atoms with Crippen LogP contribution in [0.1, 0.15) is 36.7 Å². The molecule has 0 aromatic carbocycles. The molecule has 0 saturated heterocycles. The SMILES string of the molecule is CC(NC(=O)c1cnc(N)cn1)C1CCC1. The lowest BCUT2D eigenvalue weighted by atomic mass is 9.80. The van der Waals surface area contributed by atoms with Crippen LogP contribution in [0.2, 0.25) is 0 Å². The van der Waals surface area contributed by atoms with Gasteiger partial charge >= 0.3 is 0 Å². The highest BCUT2D eigenvalue weighted by molar-refractivity contribution is 5.92. The summed E-state index contributed by atoms with van der Waals surface area (Å²) >= 11 is 0. The molecule has 16 heavy (non-hydrogen) atoms. The Hall–Kier alpha value is -1.65. The zero-order valence-electron chi connectivity index (χ0n) is 9.31. The number of hydrogen-bond donors (Lipinski definition) is 2. The Bertz CT molecular complexity index is 372. The molecule has 1 amide bonds. The second-order valence-corrected chi connectivity index (χ2v) is 4.28. The van der Waals surface area contributed by atoms with Crippen molar-refractivity contribution >= 4 is 11.7 Å². The average molecular weight is 220 g/mol. The van der Waals surface area contributed by atoms with Crippen LogP contribution in [0, 0.1) is 5.92 Å². The van der Waals surface area contributed by atoms with Crippen molar-refractivity contribution < 1.29 is 4.79 Å². The molecule has 0 radical (unpaired) electrons. The average Bonchev–Trinajstić information content (AvgIpc) is 2.15. The first-order valence-electron chi connectivity index (χ1n) is 5.55. The molecule has 0 aliphatic heterocycles. The monoisotopic (exact) mass is 220 g/mol. The molecule has 1 aliphatic carbocycles. The Morgan fingerprint density at radius 3 is 2.75 bits per heavy atom. The molecule has 1 aromatic rings. The molecular formula is C11H16N4O. The summed E-state index contributed by atoms with van der Waals surface area (Å²) in [5, 5.41) is 2.94. The maximum atomic E-state index is 11.8. The van der Waals surface area contributed by atoms with Crippen molar-refractivity contribution in [2.45, 2.75) is 32.2 Å². The molecule has 5 nitrogen and oxygen atoms in total. The van der Waals surface area contributed by atoms with Crippen LogP contribution >= 0.6 is 0 Å². The van der Waals surface area contributed by atoms with Gasteiger partial charge in [-0.2, -0.15) is 0 Å². The fourth-order valence-electron chi connectivity index (χ4n) is 1.79. The van der Waals surface area contributed by atoms with E-state index in [1.807, 2.05) is 6.92 Å². The third kappa shape index (κ3) is 2.29. The molecular weight excluding hydrogens is 204 g/mol. The highest BCUT2D eigenvalue weighted by Gasteiger charge is 2.25. The molecule has 2 rings (SSSR count). The van der Waals surface area contributed by atoms with Gasteiger partial charge in [0.25, 0.3) is 5.91 Å². The number of hydrogen-bond acceptors (Lipinski definition) is 4. The molecule has 1 saturated carbocycles. The van der Waals surface area contributed by atoms with Crippen molar-refractivity contribution in [3.8, 4) is 0 Å². The normalized spacial score (nSPS) is 17.6. The summed E-state index contributed by atoms with van der Waals surface area (Å²) in [5.74, 6) is 0.765. The van der Waals surface area contributed by atoms with Crippen molar-refractivity contribution in [2.75, 3.05) is 5.73 Å². The van der Waals surface area contributed by atoms with Crippen LogP contribution < -0.4 is 11.1 Å². The first kappa shape index (κ1) is 10.9. The zero-order valence-corrected chi connectivity index (χ0v) is 9.31. The van der Waals surface area contributed by atoms with Gasteiger partial charge < -0.3 is 11.1 Å². The first-order valence-corrected chi connectivity index (χ1v) is 5.55. The second kappa shape index (κ2) is 4.47. The van der Waals surface area contributed by atoms with Crippen LogP contribution in [0.15, 0.2) is 12.4 Å². The summed E-state index contributed by atoms with van der Waals surface area (Å²) in [6.07, 6.45) is 6.47. The third-order valence-electron chi connectivity index (χ3n) is 3.12. The predicted molar refractivity (Wildman–Crippen MR) is 60.7 cm³/mol. The molecule has 1 heterocycles. The van der Waals surface area contributed by atoms with Gasteiger partial charge in [-0.1, -0.05) is 6.42 Å². The lowest BCUT2D eigenvalue weighted by molar-refractivity contribution is 0.0904. The van der Waals surface area contributed by atoms with E-state index in [0.717, 1.165) is 0 Å². The highest BCUT2D eigenvalue weighted by atomic mass is 16.1. The lowest BCUT2D eigenvalue weighted by Crippen LogP contribution is -2.41. The molecule has 0 spiro atoms. The largest absolute Gasteiger partial charge is 0.382 e. The Labute approximate surface area is 94.5 Å². The molecule has 3 N–H and O–H groups in total. The number of rotatable bonds is 3. The van der Waals surface area contributed by atoms with Gasteiger partial charge in [0.15, 0.2) is 0 Å². The van der Waals surface area contributed by atoms with E-state index >= 15 is 0 Å². The minimum absolute atomic E-state index is 0.174. The number of carbonyl (C=O) groups excluding carboxylic acids is 1. The molecule has 1 atom stereocenters. The third-order valence-corrected chi connectivity index (χ3v) is 3.12. The van der Waals surface area contributed by atoms with Gasteiger partial charge in [0.05, 0.1) is 12.4 Å². The number of nitrogens with two attached hydrogens (primary N) is 1. The van der Waals surface area contributed by atoms with E-state index in [4.69, 9.17) is 5.73 Å². The Balaban J connectivity index is 1.94. The van der Waals surface area contributed by atoms with E-state index in [0.29, 0.717) is 17.4 Å². The van der Waals surface area contributed by atoms with Crippen molar-refractivity contribution in [2.24, 2.45) is 5.92 Å². The van der Waals surface area contributed by atoms with E-state index in [-0.39, 0.29) is 11.9 Å². The van der Waals surface area contributed by atoms with E-state index < -0.39 is 0 Å². The fraction of sp³-hybridized carbons (Fsp3) is 0.545. The molecule has 1 aromatic heterocycles. The van der Waals surface area contributed by atoms with Gasteiger partial charge in [0, 0.05) is 6.04 Å². The summed E-state index contributed by atoms with van der Waals surface area (Å²) in [7, 11) is 0. The summed E-state index contributed by atoms with van der Waals surface area (Å²) < 4.78 is 0. The van der Waals surface area contributed by atoms with Crippen molar-refractivity contribution in [1.29, 1.82) is 0 Å². The van der Waals surface area contributed by atoms with Crippen LogP contribution in [0.3, 0.4) is 0 Å². The number of nitrogens with zero attached hydrogens (tertiary/aromatic N) is 2. The molecule has 1 aliphatic rings. The number of nitrogen functional groups attached to an aromatic ring is 1. The van der Waals surface area contributed by atoms with Crippen molar-refractivity contribution in [3.63, 3.8) is 0 Å². The maximum Gasteiger partial charge on any atom is 0.271 e. The van der Waals surface area contributed by atoms with Crippen LogP contribution in [0.4, 0.5) is 5.82 Å². The minimum atomic E-state index is -0.174. The Morgan fingerprint density at radius 1 is 1.50 bits per heavy atom. The first-order chi connectivity index (χ1) is 7.66. The van der Waals surface area contributed by atoms with Gasteiger partial charge in [-0.05, 0) is 25.7 Å². The fourth-order valence-corrected chi connectivity index (χ4v) is 1.79. The van der Waals surface area contributed by atoms with Crippen molar-refractivity contribution in [1.82, 2.24) is 15.3 Å². The number of anilines is 1. The summed E-state index contributed by atoms with van der Waals surface area (Å²) in [6, 6.07) is 0.209. The lowest BCUT2D eigenvalue weighted by Gasteiger charge is -2.31. The Kier molecular flexibility index (Phi) is 3.03. The standard InChI is InChI=1S/C11H16N4O/c1-7(8-3-2-4-8)15-11(16)9-5-14-10(12)6-13-9/h5-8H,2-4H2,1H3,(H2,12,14)(H,15,16). The van der Waals surface area contributed by atoms with Gasteiger partial charge in [0.2, 0.25) is 0 Å². The summed E-state index contributed by atoms with van der Waals surface area (Å²) in [4.78, 5) is 19.5. The molecule has 0 bridgehead atoms. The minimum Gasteiger partial charge on any atom is -0.382 e. The van der Waals surface area contributed by atoms with Crippen molar-refractivity contribution in [3.05, 3.63) is 18.1 Å². The number of amides is 1. The smallest absolute Gasteiger partial charge is 0.271 e. The van der Waals surface area contributed by atoms with E-state index in [2.05, 4.69) is 15.3 Å². The number of aromatic nitrogens is 2. The quantitative estimate of drug-likeness (QED) is 0.795. The molecule has 86 valence electrons. The molecule has 1 fully saturated rings. The van der Waals surface area contributed by atoms with E-state index in [1.165, 1.54) is 31.7 Å².